The van der Waals surface area contributed by atoms with Gasteiger partial charge in [0.2, 0.25) is 0 Å². The quantitative estimate of drug-likeness (QED) is 0.720. The second kappa shape index (κ2) is 8.62. The number of anilines is 1. The van der Waals surface area contributed by atoms with Crippen molar-refractivity contribution in [2.75, 3.05) is 25.9 Å². The predicted octanol–water partition coefficient (Wildman–Crippen LogP) is 2.08. The smallest absolute Gasteiger partial charge is 0.251 e. The number of nitrogens with two attached hydrogens (primary N) is 1. The molecule has 5 nitrogen and oxygen atoms in total. The van der Waals surface area contributed by atoms with Crippen molar-refractivity contribution in [3.63, 3.8) is 0 Å². The number of aromatic nitrogens is 1. The van der Waals surface area contributed by atoms with E-state index in [0.29, 0.717) is 24.0 Å². The number of amides is 1. The van der Waals surface area contributed by atoms with E-state index in [1.54, 1.807) is 6.07 Å². The lowest BCUT2D eigenvalue weighted by Gasteiger charge is -2.20. The molecule has 0 aliphatic carbocycles. The summed E-state index contributed by atoms with van der Waals surface area (Å²) in [6, 6.07) is 3.99. The summed E-state index contributed by atoms with van der Waals surface area (Å²) in [6.07, 6.45) is 2.76. The number of pyridine rings is 1. The molecule has 21 heavy (non-hydrogen) atoms. The van der Waals surface area contributed by atoms with E-state index in [9.17, 15) is 4.79 Å². The van der Waals surface area contributed by atoms with Crippen molar-refractivity contribution in [2.45, 2.75) is 46.1 Å². The number of hydrogen-bond donors (Lipinski definition) is 2. The first-order valence-electron chi connectivity index (χ1n) is 7.69. The lowest BCUT2D eigenvalue weighted by molar-refractivity contribution is 0.0951. The predicted molar refractivity (Wildman–Crippen MR) is 87.4 cm³/mol. The van der Waals surface area contributed by atoms with Crippen LogP contribution in [0.1, 0.15) is 49.7 Å². The van der Waals surface area contributed by atoms with E-state index in [1.165, 1.54) is 0 Å². The second-order valence-corrected chi connectivity index (χ2v) is 5.71. The number of carbonyl (C=O) groups excluding carboxylic acids is 1. The van der Waals surface area contributed by atoms with Gasteiger partial charge >= 0.3 is 0 Å². The molecule has 1 aromatic rings. The van der Waals surface area contributed by atoms with Crippen LogP contribution in [0.5, 0.6) is 0 Å². The van der Waals surface area contributed by atoms with Crippen LogP contribution in [0.3, 0.4) is 0 Å². The summed E-state index contributed by atoms with van der Waals surface area (Å²) < 4.78 is 0. The highest BCUT2D eigenvalue weighted by Gasteiger charge is 2.09. The van der Waals surface area contributed by atoms with Crippen molar-refractivity contribution in [1.82, 2.24) is 15.2 Å². The van der Waals surface area contributed by atoms with Crippen LogP contribution in [0.25, 0.3) is 0 Å². The topological polar surface area (TPSA) is 71.2 Å². The Morgan fingerprint density at radius 2 is 2.14 bits per heavy atom. The SMILES string of the molecule is CCCc1cc(C(=O)NCCCN(C)C(C)C)cc(N)n1. The van der Waals surface area contributed by atoms with E-state index in [0.717, 1.165) is 31.5 Å². The first-order valence-corrected chi connectivity index (χ1v) is 7.69. The molecule has 118 valence electrons. The summed E-state index contributed by atoms with van der Waals surface area (Å²) in [4.78, 5) is 18.6. The Morgan fingerprint density at radius 3 is 2.76 bits per heavy atom. The molecular formula is C16H28N4O. The first kappa shape index (κ1) is 17.4. The summed E-state index contributed by atoms with van der Waals surface area (Å²) >= 11 is 0. The normalized spacial score (nSPS) is 11.1. The fourth-order valence-electron chi connectivity index (χ4n) is 2.02. The standard InChI is InChI=1S/C16H28N4O/c1-5-7-14-10-13(11-15(17)19-14)16(21)18-8-6-9-20(4)12(2)3/h10-12H,5-9H2,1-4H3,(H2,17,19)(H,18,21). The maximum absolute atomic E-state index is 12.1. The molecule has 1 heterocycles. The molecule has 0 saturated carbocycles. The highest BCUT2D eigenvalue weighted by atomic mass is 16.1. The molecule has 0 bridgehead atoms. The third kappa shape index (κ3) is 6.12. The van der Waals surface area contributed by atoms with Crippen molar-refractivity contribution in [3.8, 4) is 0 Å². The van der Waals surface area contributed by atoms with Crippen LogP contribution in [-0.4, -0.2) is 42.0 Å². The zero-order valence-corrected chi connectivity index (χ0v) is 13.6. The van der Waals surface area contributed by atoms with Gasteiger partial charge in [0.25, 0.3) is 5.91 Å². The zero-order chi connectivity index (χ0) is 15.8. The van der Waals surface area contributed by atoms with E-state index >= 15 is 0 Å². The maximum atomic E-state index is 12.1. The lowest BCUT2D eigenvalue weighted by atomic mass is 10.1. The summed E-state index contributed by atoms with van der Waals surface area (Å²) in [6.45, 7) is 8.04. The minimum Gasteiger partial charge on any atom is -0.384 e. The van der Waals surface area contributed by atoms with E-state index in [2.05, 4.69) is 43.0 Å². The Labute approximate surface area is 127 Å². The number of nitrogens with zero attached hydrogens (tertiary/aromatic N) is 2. The van der Waals surface area contributed by atoms with Crippen molar-refractivity contribution in [1.29, 1.82) is 0 Å². The minimum atomic E-state index is -0.0753. The molecule has 0 fully saturated rings. The fourth-order valence-corrected chi connectivity index (χ4v) is 2.02. The van der Waals surface area contributed by atoms with Crippen LogP contribution in [0.4, 0.5) is 5.82 Å². The summed E-state index contributed by atoms with van der Waals surface area (Å²) in [5.74, 6) is 0.333. The Hall–Kier alpha value is -1.62. The number of nitrogen functional groups attached to an aromatic ring is 1. The number of nitrogens with one attached hydrogen (secondary N) is 1. The van der Waals surface area contributed by atoms with Gasteiger partial charge in [0.15, 0.2) is 0 Å². The molecule has 0 unspecified atom stereocenters. The molecule has 0 aromatic carbocycles. The van der Waals surface area contributed by atoms with Crippen LogP contribution in [0.15, 0.2) is 12.1 Å². The molecule has 3 N–H and O–H groups in total. The van der Waals surface area contributed by atoms with Crippen LogP contribution < -0.4 is 11.1 Å². The molecule has 1 rings (SSSR count). The van der Waals surface area contributed by atoms with Gasteiger partial charge in [-0.15, -0.1) is 0 Å². The molecule has 1 amide bonds. The molecule has 0 aliphatic heterocycles. The van der Waals surface area contributed by atoms with Crippen molar-refractivity contribution >= 4 is 11.7 Å². The van der Waals surface area contributed by atoms with Gasteiger partial charge in [-0.2, -0.15) is 0 Å². The number of hydrogen-bond acceptors (Lipinski definition) is 4. The van der Waals surface area contributed by atoms with Crippen LogP contribution in [0.2, 0.25) is 0 Å². The molecule has 5 heteroatoms. The molecule has 0 atom stereocenters. The third-order valence-corrected chi connectivity index (χ3v) is 3.52. The van der Waals surface area contributed by atoms with Gasteiger partial charge in [-0.05, 0) is 52.4 Å². The van der Waals surface area contributed by atoms with Gasteiger partial charge in [0.05, 0.1) is 0 Å². The Morgan fingerprint density at radius 1 is 1.43 bits per heavy atom. The number of rotatable bonds is 8. The van der Waals surface area contributed by atoms with Gasteiger partial charge < -0.3 is 16.0 Å². The molecule has 0 spiro atoms. The first-order chi connectivity index (χ1) is 9.93. The maximum Gasteiger partial charge on any atom is 0.251 e. The molecule has 1 aromatic heterocycles. The Kier molecular flexibility index (Phi) is 7.15. The summed E-state index contributed by atoms with van der Waals surface area (Å²) in [5.41, 5.74) is 7.23. The van der Waals surface area contributed by atoms with Crippen molar-refractivity contribution in [2.24, 2.45) is 0 Å². The molecule has 0 aliphatic rings. The molecule has 0 saturated heterocycles. The second-order valence-electron chi connectivity index (χ2n) is 5.71. The highest BCUT2D eigenvalue weighted by Crippen LogP contribution is 2.09. The van der Waals surface area contributed by atoms with E-state index in [1.807, 2.05) is 6.07 Å². The number of carbonyl (C=O) groups is 1. The number of aryl methyl sites for hydroxylation is 1. The van der Waals surface area contributed by atoms with Crippen LogP contribution in [0, 0.1) is 0 Å². The fraction of sp³-hybridized carbons (Fsp3) is 0.625. The van der Waals surface area contributed by atoms with Gasteiger partial charge in [0.1, 0.15) is 5.82 Å². The molecule has 0 radical (unpaired) electrons. The van der Waals surface area contributed by atoms with E-state index < -0.39 is 0 Å². The van der Waals surface area contributed by atoms with Gasteiger partial charge in [-0.3, -0.25) is 4.79 Å². The zero-order valence-electron chi connectivity index (χ0n) is 13.6. The van der Waals surface area contributed by atoms with Gasteiger partial charge in [-0.25, -0.2) is 4.98 Å². The average Bonchev–Trinajstić information content (AvgIpc) is 2.42. The van der Waals surface area contributed by atoms with Gasteiger partial charge in [0, 0.05) is 23.8 Å². The van der Waals surface area contributed by atoms with Crippen LogP contribution >= 0.6 is 0 Å². The monoisotopic (exact) mass is 292 g/mol. The van der Waals surface area contributed by atoms with E-state index in [-0.39, 0.29) is 5.91 Å². The van der Waals surface area contributed by atoms with Crippen molar-refractivity contribution in [3.05, 3.63) is 23.4 Å². The average molecular weight is 292 g/mol. The summed E-state index contributed by atoms with van der Waals surface area (Å²) in [7, 11) is 2.09. The largest absolute Gasteiger partial charge is 0.384 e. The summed E-state index contributed by atoms with van der Waals surface area (Å²) in [5, 5.41) is 2.94. The minimum absolute atomic E-state index is 0.0753. The van der Waals surface area contributed by atoms with Gasteiger partial charge in [-0.1, -0.05) is 13.3 Å². The Balaban J connectivity index is 2.48. The molecular weight excluding hydrogens is 264 g/mol. The highest BCUT2D eigenvalue weighted by molar-refractivity contribution is 5.94. The third-order valence-electron chi connectivity index (χ3n) is 3.52. The lowest BCUT2D eigenvalue weighted by Crippen LogP contribution is -2.31. The Bertz CT molecular complexity index is 460. The van der Waals surface area contributed by atoms with E-state index in [4.69, 9.17) is 5.73 Å². The van der Waals surface area contributed by atoms with Crippen molar-refractivity contribution < 1.29 is 4.79 Å². The van der Waals surface area contributed by atoms with Crippen LogP contribution in [-0.2, 0) is 6.42 Å².